The van der Waals surface area contributed by atoms with Crippen molar-refractivity contribution < 1.29 is 9.90 Å². The van der Waals surface area contributed by atoms with Crippen molar-refractivity contribution in [2.24, 2.45) is 5.92 Å². The number of nitrogens with zero attached hydrogens (tertiary/aromatic N) is 1. The van der Waals surface area contributed by atoms with E-state index < -0.39 is 6.10 Å². The number of amides is 1. The van der Waals surface area contributed by atoms with Crippen molar-refractivity contribution in [2.45, 2.75) is 46.1 Å². The van der Waals surface area contributed by atoms with Gasteiger partial charge in [-0.2, -0.15) is 0 Å². The first-order valence-electron chi connectivity index (χ1n) is 8.67. The maximum Gasteiger partial charge on any atom is 0.224 e. The fraction of sp³-hybridized carbons (Fsp3) is 0.632. The van der Waals surface area contributed by atoms with Gasteiger partial charge in [0, 0.05) is 13.1 Å². The van der Waals surface area contributed by atoms with Gasteiger partial charge in [0.05, 0.1) is 12.5 Å². The molecular weight excluding hydrogens is 288 g/mol. The molecule has 1 aliphatic rings. The monoisotopic (exact) mass is 318 g/mol. The molecule has 2 rings (SSSR count). The Bertz CT molecular complexity index is 522. The number of piperidine rings is 1. The van der Waals surface area contributed by atoms with E-state index in [9.17, 15) is 9.90 Å². The molecule has 1 aromatic carbocycles. The average Bonchev–Trinajstić information content (AvgIpc) is 2.51. The number of carbonyl (C=O) groups is 1. The highest BCUT2D eigenvalue weighted by Crippen LogP contribution is 2.16. The van der Waals surface area contributed by atoms with Crippen LogP contribution in [-0.2, 0) is 11.2 Å². The number of nitrogens with one attached hydrogen (secondary N) is 1. The Labute approximate surface area is 139 Å². The van der Waals surface area contributed by atoms with Crippen LogP contribution < -0.4 is 5.32 Å². The Morgan fingerprint density at radius 1 is 1.35 bits per heavy atom. The van der Waals surface area contributed by atoms with Crippen LogP contribution in [0.3, 0.4) is 0 Å². The average molecular weight is 318 g/mol. The van der Waals surface area contributed by atoms with Gasteiger partial charge < -0.3 is 15.3 Å². The summed E-state index contributed by atoms with van der Waals surface area (Å²) < 4.78 is 0. The summed E-state index contributed by atoms with van der Waals surface area (Å²) in [4.78, 5) is 14.4. The molecule has 0 spiro atoms. The van der Waals surface area contributed by atoms with Crippen LogP contribution in [0.1, 0.15) is 36.5 Å². The highest BCUT2D eigenvalue weighted by atomic mass is 16.3. The molecule has 1 fully saturated rings. The van der Waals surface area contributed by atoms with Gasteiger partial charge in [0.25, 0.3) is 0 Å². The molecule has 1 amide bonds. The Morgan fingerprint density at radius 2 is 2.04 bits per heavy atom. The number of β-amino-alcohol motifs (C(OH)–C–C–N with tert-alkyl or cyclic N) is 1. The number of carbonyl (C=O) groups excluding carboxylic acids is 1. The molecule has 1 aromatic rings. The molecule has 1 unspecified atom stereocenters. The predicted molar refractivity (Wildman–Crippen MR) is 93.5 cm³/mol. The van der Waals surface area contributed by atoms with Crippen molar-refractivity contribution in [1.82, 2.24) is 10.2 Å². The minimum absolute atomic E-state index is 0.0231. The first kappa shape index (κ1) is 18.0. The standard InChI is InChI=1S/C19H30N2O2/c1-14-6-8-21(9-7-14)13-18(22)12-20-19(23)11-17-10-15(2)4-5-16(17)3/h4-5,10,14,18,22H,6-9,11-13H2,1-3H3,(H,20,23). The van der Waals surface area contributed by atoms with Crippen LogP contribution in [0.2, 0.25) is 0 Å². The fourth-order valence-electron chi connectivity index (χ4n) is 3.07. The molecule has 0 aliphatic carbocycles. The summed E-state index contributed by atoms with van der Waals surface area (Å²) in [6.07, 6.45) is 2.28. The van der Waals surface area contributed by atoms with Gasteiger partial charge in [0.2, 0.25) is 5.91 Å². The fourth-order valence-corrected chi connectivity index (χ4v) is 3.07. The first-order chi connectivity index (χ1) is 10.9. The molecule has 4 heteroatoms. The smallest absolute Gasteiger partial charge is 0.224 e. The van der Waals surface area contributed by atoms with E-state index in [4.69, 9.17) is 0 Å². The van der Waals surface area contributed by atoms with Gasteiger partial charge in [-0.25, -0.2) is 0 Å². The van der Waals surface area contributed by atoms with Gasteiger partial charge in [-0.1, -0.05) is 30.7 Å². The van der Waals surface area contributed by atoms with E-state index in [1.54, 1.807) is 0 Å². The molecule has 1 heterocycles. The molecule has 0 radical (unpaired) electrons. The number of likely N-dealkylation sites (tertiary alicyclic amines) is 1. The van der Waals surface area contributed by atoms with Crippen LogP contribution in [-0.4, -0.2) is 48.2 Å². The lowest BCUT2D eigenvalue weighted by atomic mass is 9.99. The van der Waals surface area contributed by atoms with E-state index >= 15 is 0 Å². The summed E-state index contributed by atoms with van der Waals surface area (Å²) >= 11 is 0. The normalized spacial score (nSPS) is 17.9. The van der Waals surface area contributed by atoms with Crippen molar-refractivity contribution in [1.29, 1.82) is 0 Å². The second-order valence-electron chi connectivity index (χ2n) is 7.05. The minimum atomic E-state index is -0.494. The Hall–Kier alpha value is -1.39. The number of benzene rings is 1. The maximum atomic E-state index is 12.1. The summed E-state index contributed by atoms with van der Waals surface area (Å²) in [6.45, 7) is 9.41. The van der Waals surface area contributed by atoms with E-state index in [0.717, 1.165) is 35.7 Å². The molecular formula is C19H30N2O2. The van der Waals surface area contributed by atoms with Crippen LogP contribution in [0.15, 0.2) is 18.2 Å². The van der Waals surface area contributed by atoms with E-state index in [-0.39, 0.29) is 5.91 Å². The van der Waals surface area contributed by atoms with Crippen LogP contribution in [0.5, 0.6) is 0 Å². The lowest BCUT2D eigenvalue weighted by molar-refractivity contribution is -0.121. The van der Waals surface area contributed by atoms with E-state index in [1.165, 1.54) is 12.8 Å². The zero-order chi connectivity index (χ0) is 16.8. The van der Waals surface area contributed by atoms with Crippen molar-refractivity contribution in [3.63, 3.8) is 0 Å². The molecule has 0 bridgehead atoms. The molecule has 2 N–H and O–H groups in total. The number of rotatable bonds is 6. The second-order valence-corrected chi connectivity index (χ2v) is 7.05. The largest absolute Gasteiger partial charge is 0.390 e. The topological polar surface area (TPSA) is 52.6 Å². The van der Waals surface area contributed by atoms with Gasteiger partial charge >= 0.3 is 0 Å². The van der Waals surface area contributed by atoms with Crippen molar-refractivity contribution in [3.8, 4) is 0 Å². The number of aliphatic hydroxyl groups is 1. The molecule has 4 nitrogen and oxygen atoms in total. The maximum absolute atomic E-state index is 12.1. The lowest BCUT2D eigenvalue weighted by Crippen LogP contribution is -2.43. The Kier molecular flexibility index (Phi) is 6.60. The molecule has 23 heavy (non-hydrogen) atoms. The molecule has 1 aliphatic heterocycles. The van der Waals surface area contributed by atoms with Gasteiger partial charge in [-0.3, -0.25) is 4.79 Å². The first-order valence-corrected chi connectivity index (χ1v) is 8.67. The summed E-state index contributed by atoms with van der Waals surface area (Å²) in [5.74, 6) is 0.769. The van der Waals surface area contributed by atoms with Crippen molar-refractivity contribution in [3.05, 3.63) is 34.9 Å². The minimum Gasteiger partial charge on any atom is -0.390 e. The Morgan fingerprint density at radius 3 is 2.74 bits per heavy atom. The number of aliphatic hydroxyl groups excluding tert-OH is 1. The predicted octanol–water partition coefficient (Wildman–Crippen LogP) is 2.05. The highest BCUT2D eigenvalue weighted by molar-refractivity contribution is 5.79. The molecule has 0 aromatic heterocycles. The second kappa shape index (κ2) is 8.46. The molecule has 1 atom stereocenters. The van der Waals surface area contributed by atoms with E-state index in [2.05, 4.69) is 29.3 Å². The van der Waals surface area contributed by atoms with Gasteiger partial charge in [0.1, 0.15) is 0 Å². The highest BCUT2D eigenvalue weighted by Gasteiger charge is 2.18. The third-order valence-electron chi connectivity index (χ3n) is 4.74. The lowest BCUT2D eigenvalue weighted by Gasteiger charge is -2.31. The zero-order valence-corrected chi connectivity index (χ0v) is 14.6. The SMILES string of the molecule is Cc1ccc(C)c(CC(=O)NCC(O)CN2CCC(C)CC2)c1. The summed E-state index contributed by atoms with van der Waals surface area (Å²) in [5.41, 5.74) is 3.36. The van der Waals surface area contributed by atoms with E-state index in [1.807, 2.05) is 19.9 Å². The molecule has 1 saturated heterocycles. The van der Waals surface area contributed by atoms with Crippen LogP contribution in [0.25, 0.3) is 0 Å². The van der Waals surface area contributed by atoms with Crippen LogP contribution in [0.4, 0.5) is 0 Å². The third-order valence-corrected chi connectivity index (χ3v) is 4.74. The van der Waals surface area contributed by atoms with Gasteiger partial charge in [0.15, 0.2) is 0 Å². The quantitative estimate of drug-likeness (QED) is 0.844. The number of aryl methyl sites for hydroxylation is 2. The van der Waals surface area contributed by atoms with Gasteiger partial charge in [-0.05, 0) is 56.8 Å². The summed E-state index contributed by atoms with van der Waals surface area (Å²) in [5, 5.41) is 13.0. The van der Waals surface area contributed by atoms with Crippen molar-refractivity contribution in [2.75, 3.05) is 26.2 Å². The zero-order valence-electron chi connectivity index (χ0n) is 14.6. The van der Waals surface area contributed by atoms with Crippen LogP contribution >= 0.6 is 0 Å². The van der Waals surface area contributed by atoms with E-state index in [0.29, 0.717) is 19.5 Å². The molecule has 0 saturated carbocycles. The number of hydrogen-bond acceptors (Lipinski definition) is 3. The van der Waals surface area contributed by atoms with Crippen LogP contribution in [0, 0.1) is 19.8 Å². The number of hydrogen-bond donors (Lipinski definition) is 2. The Balaban J connectivity index is 1.72. The van der Waals surface area contributed by atoms with Gasteiger partial charge in [-0.15, -0.1) is 0 Å². The molecule has 128 valence electrons. The van der Waals surface area contributed by atoms with Crippen molar-refractivity contribution >= 4 is 5.91 Å². The summed E-state index contributed by atoms with van der Waals surface area (Å²) in [6, 6.07) is 6.16. The summed E-state index contributed by atoms with van der Waals surface area (Å²) in [7, 11) is 0. The third kappa shape index (κ3) is 5.96.